The Morgan fingerprint density at radius 2 is 2.05 bits per heavy atom. The van der Waals surface area contributed by atoms with E-state index in [9.17, 15) is 14.4 Å². The molecule has 21 heavy (non-hydrogen) atoms. The van der Waals surface area contributed by atoms with E-state index in [2.05, 4.69) is 18.5 Å². The fourth-order valence-corrected chi connectivity index (χ4v) is 1.98. The largest absolute Gasteiger partial charge is 0.420 e. The summed E-state index contributed by atoms with van der Waals surface area (Å²) in [6.45, 7) is 7.13. The number of aromatic nitrogens is 1. The number of carbonyl (C=O) groups excluding carboxylic acids is 2. The van der Waals surface area contributed by atoms with E-state index in [-0.39, 0.29) is 24.2 Å². The van der Waals surface area contributed by atoms with Crippen LogP contribution in [0.15, 0.2) is 34.5 Å². The molecule has 6 heteroatoms. The van der Waals surface area contributed by atoms with Crippen LogP contribution in [0.3, 0.4) is 0 Å². The van der Waals surface area contributed by atoms with Crippen LogP contribution in [0, 0.1) is 0 Å². The summed E-state index contributed by atoms with van der Waals surface area (Å²) in [6, 6.07) is -0.824. The van der Waals surface area contributed by atoms with Crippen LogP contribution in [0.2, 0.25) is 0 Å². The number of hydrogen-bond acceptors (Lipinski definition) is 4. The van der Waals surface area contributed by atoms with E-state index >= 15 is 0 Å². The Morgan fingerprint density at radius 3 is 2.57 bits per heavy atom. The molecule has 0 saturated heterocycles. The summed E-state index contributed by atoms with van der Waals surface area (Å²) < 4.78 is 6.35. The summed E-state index contributed by atoms with van der Waals surface area (Å²) in [5.74, 6) is -1.04. The molecule has 0 aromatic carbocycles. The molecule has 0 aliphatic carbocycles. The van der Waals surface area contributed by atoms with E-state index < -0.39 is 11.8 Å². The third-order valence-electron chi connectivity index (χ3n) is 2.87. The fraction of sp³-hybridized carbons (Fsp3) is 0.267. The van der Waals surface area contributed by atoms with E-state index in [1.54, 1.807) is 6.08 Å². The first-order chi connectivity index (χ1) is 10.1. The molecule has 0 bridgehead atoms. The van der Waals surface area contributed by atoms with Crippen molar-refractivity contribution in [2.24, 2.45) is 0 Å². The van der Waals surface area contributed by atoms with E-state index in [0.29, 0.717) is 11.6 Å². The van der Waals surface area contributed by atoms with Crippen molar-refractivity contribution in [1.82, 2.24) is 9.88 Å². The van der Waals surface area contributed by atoms with Gasteiger partial charge in [-0.1, -0.05) is 25.3 Å². The standard InChI is InChI=1S/C15H18N2O4/c1-4-7-11-13(8-5-2)21-15(20)17(11)12(9-6-10-18)14(19)16-3/h4-5,7-8,10,12H,1-2,6,9H2,3H3,(H,16,19)/b11-7+,13-8+. The number of carbonyl (C=O) groups is 2. The molecule has 1 amide bonds. The number of aldehydes is 1. The second-order valence-corrected chi connectivity index (χ2v) is 4.17. The Morgan fingerprint density at radius 1 is 1.38 bits per heavy atom. The zero-order valence-corrected chi connectivity index (χ0v) is 11.9. The molecule has 1 rings (SSSR count). The lowest BCUT2D eigenvalue weighted by Crippen LogP contribution is -2.41. The van der Waals surface area contributed by atoms with Gasteiger partial charge < -0.3 is 14.5 Å². The molecule has 0 spiro atoms. The van der Waals surface area contributed by atoms with Gasteiger partial charge in [0.05, 0.1) is 5.35 Å². The Bertz CT molecular complexity index is 709. The summed E-state index contributed by atoms with van der Waals surface area (Å²) in [5.41, 5.74) is 0.287. The van der Waals surface area contributed by atoms with E-state index in [4.69, 9.17) is 4.42 Å². The van der Waals surface area contributed by atoms with Crippen LogP contribution in [0.1, 0.15) is 18.9 Å². The van der Waals surface area contributed by atoms with Crippen molar-refractivity contribution >= 4 is 24.3 Å². The second kappa shape index (κ2) is 7.84. The highest BCUT2D eigenvalue weighted by atomic mass is 16.4. The van der Waals surface area contributed by atoms with Crippen molar-refractivity contribution in [3.8, 4) is 0 Å². The molecule has 1 aromatic heterocycles. The summed E-state index contributed by atoms with van der Waals surface area (Å²) in [6.07, 6.45) is 7.11. The molecule has 1 N–H and O–H groups in total. The molecule has 112 valence electrons. The molecular formula is C15H18N2O4. The van der Waals surface area contributed by atoms with Crippen LogP contribution in [0.25, 0.3) is 12.2 Å². The lowest BCUT2D eigenvalue weighted by atomic mass is 10.1. The maximum absolute atomic E-state index is 12.1. The van der Waals surface area contributed by atoms with Gasteiger partial charge in [0.2, 0.25) is 5.91 Å². The third kappa shape index (κ3) is 3.68. The van der Waals surface area contributed by atoms with E-state index in [1.165, 1.54) is 29.8 Å². The molecule has 1 atom stereocenters. The first kappa shape index (κ1) is 16.4. The molecule has 0 fully saturated rings. The molecule has 0 radical (unpaired) electrons. The number of likely N-dealkylation sites (N-methyl/N-ethyl adjacent to an activating group) is 1. The predicted molar refractivity (Wildman–Crippen MR) is 79.9 cm³/mol. The number of oxazole rings is 1. The van der Waals surface area contributed by atoms with Gasteiger partial charge in [-0.3, -0.25) is 9.36 Å². The highest BCUT2D eigenvalue weighted by molar-refractivity contribution is 5.80. The van der Waals surface area contributed by atoms with Gasteiger partial charge >= 0.3 is 5.76 Å². The van der Waals surface area contributed by atoms with E-state index in [1.807, 2.05) is 0 Å². The Labute approximate surface area is 121 Å². The number of rotatable bonds is 7. The van der Waals surface area contributed by atoms with Crippen LogP contribution >= 0.6 is 0 Å². The van der Waals surface area contributed by atoms with Gasteiger partial charge in [-0.05, 0) is 18.6 Å². The molecule has 1 heterocycles. The number of nitrogens with zero attached hydrogens (tertiary/aromatic N) is 1. The molecular weight excluding hydrogens is 272 g/mol. The first-order valence-corrected chi connectivity index (χ1v) is 6.42. The van der Waals surface area contributed by atoms with Gasteiger partial charge in [0.25, 0.3) is 0 Å². The molecule has 0 saturated carbocycles. The fourth-order valence-electron chi connectivity index (χ4n) is 1.98. The van der Waals surface area contributed by atoms with Gasteiger partial charge in [-0.2, -0.15) is 0 Å². The van der Waals surface area contributed by atoms with Crippen molar-refractivity contribution in [1.29, 1.82) is 0 Å². The van der Waals surface area contributed by atoms with Crippen molar-refractivity contribution < 1.29 is 14.0 Å². The monoisotopic (exact) mass is 290 g/mol. The van der Waals surface area contributed by atoms with Gasteiger partial charge in [0, 0.05) is 13.5 Å². The van der Waals surface area contributed by atoms with Gasteiger partial charge in [-0.25, -0.2) is 4.79 Å². The average Bonchev–Trinajstić information content (AvgIpc) is 2.77. The smallest absolute Gasteiger partial charge is 0.408 e. The third-order valence-corrected chi connectivity index (χ3v) is 2.87. The number of hydrogen-bond donors (Lipinski definition) is 1. The highest BCUT2D eigenvalue weighted by Crippen LogP contribution is 2.08. The minimum atomic E-state index is -0.824. The summed E-state index contributed by atoms with van der Waals surface area (Å²) in [4.78, 5) is 34.6. The topological polar surface area (TPSA) is 81.3 Å². The Balaban J connectivity index is 3.61. The first-order valence-electron chi connectivity index (χ1n) is 6.42. The number of amides is 1. The molecule has 6 nitrogen and oxygen atoms in total. The summed E-state index contributed by atoms with van der Waals surface area (Å²) >= 11 is 0. The molecule has 1 aromatic rings. The van der Waals surface area contributed by atoms with Crippen LogP contribution in [-0.2, 0) is 9.59 Å². The lowest BCUT2D eigenvalue weighted by Gasteiger charge is -2.14. The van der Waals surface area contributed by atoms with Crippen molar-refractivity contribution in [3.63, 3.8) is 0 Å². The summed E-state index contributed by atoms with van der Waals surface area (Å²) in [5, 5.41) is 2.90. The normalized spacial score (nSPS) is 13.8. The van der Waals surface area contributed by atoms with Crippen molar-refractivity contribution in [3.05, 3.63) is 46.6 Å². The van der Waals surface area contributed by atoms with Gasteiger partial charge in [0.1, 0.15) is 12.3 Å². The highest BCUT2D eigenvalue weighted by Gasteiger charge is 2.23. The van der Waals surface area contributed by atoms with Crippen LogP contribution in [-0.4, -0.2) is 23.8 Å². The second-order valence-electron chi connectivity index (χ2n) is 4.17. The Hall–Kier alpha value is -2.63. The predicted octanol–water partition coefficient (Wildman–Crippen LogP) is -0.359. The van der Waals surface area contributed by atoms with Crippen LogP contribution in [0.4, 0.5) is 0 Å². The Kier molecular flexibility index (Phi) is 6.13. The van der Waals surface area contributed by atoms with Crippen molar-refractivity contribution in [2.45, 2.75) is 18.9 Å². The molecule has 1 unspecified atom stereocenters. The number of nitrogens with one attached hydrogen (secondary N) is 1. The van der Waals surface area contributed by atoms with Gasteiger partial charge in [-0.15, -0.1) is 0 Å². The van der Waals surface area contributed by atoms with Crippen LogP contribution in [0.5, 0.6) is 0 Å². The quantitative estimate of drug-likeness (QED) is 0.695. The maximum Gasteiger partial charge on any atom is 0.420 e. The van der Waals surface area contributed by atoms with E-state index in [0.717, 1.165) is 0 Å². The lowest BCUT2D eigenvalue weighted by molar-refractivity contribution is -0.124. The molecule has 0 aliphatic rings. The zero-order valence-electron chi connectivity index (χ0n) is 11.9. The minimum absolute atomic E-state index is 0.156. The average molecular weight is 290 g/mol. The van der Waals surface area contributed by atoms with Crippen molar-refractivity contribution in [2.75, 3.05) is 7.05 Å². The van der Waals surface area contributed by atoms with Gasteiger partial charge in [0.15, 0.2) is 5.42 Å². The SMILES string of the molecule is C=C/C=c1/oc(=O)n(C(CCC=O)C(=O)NC)/c1=C/C=C. The minimum Gasteiger partial charge on any atom is -0.408 e. The number of allylic oxidation sites excluding steroid dienone is 2. The van der Waals surface area contributed by atoms with Crippen LogP contribution < -0.4 is 21.8 Å². The maximum atomic E-state index is 12.1. The summed E-state index contributed by atoms with van der Waals surface area (Å²) in [7, 11) is 1.47. The zero-order chi connectivity index (χ0) is 15.8. The molecule has 0 aliphatic heterocycles.